The summed E-state index contributed by atoms with van der Waals surface area (Å²) in [4.78, 5) is 19.9. The molecule has 0 aliphatic heterocycles. The van der Waals surface area contributed by atoms with E-state index in [1.807, 2.05) is 22.6 Å². The van der Waals surface area contributed by atoms with E-state index in [4.69, 9.17) is 0 Å². The minimum absolute atomic E-state index is 0.214. The lowest BCUT2D eigenvalue weighted by Crippen LogP contribution is -2.25. The molecule has 5 heteroatoms. The maximum Gasteiger partial charge on any atom is 0.281 e. The van der Waals surface area contributed by atoms with Crippen LogP contribution in [0.1, 0.15) is 0 Å². The first-order valence-corrected chi connectivity index (χ1v) is 4.04. The third-order valence-corrected chi connectivity index (χ3v) is 1.29. The van der Waals surface area contributed by atoms with Gasteiger partial charge in [0, 0.05) is 22.6 Å². The van der Waals surface area contributed by atoms with Crippen LogP contribution < -0.4 is 5.32 Å². The van der Waals surface area contributed by atoms with Crippen molar-refractivity contribution in [2.45, 2.75) is 4.05 Å². The van der Waals surface area contributed by atoms with Crippen LogP contribution >= 0.6 is 45.2 Å². The van der Waals surface area contributed by atoms with Gasteiger partial charge in [-0.15, -0.1) is 0 Å². The fraction of sp³-hybridized carbons (Fsp3) is 0.333. The van der Waals surface area contributed by atoms with Crippen molar-refractivity contribution in [3.8, 4) is 0 Å². The number of hydrogen-bond donors (Lipinski definition) is 1. The van der Waals surface area contributed by atoms with Crippen LogP contribution in [-0.2, 0) is 4.79 Å². The average molecular weight is 339 g/mol. The van der Waals surface area contributed by atoms with E-state index in [9.17, 15) is 9.59 Å². The van der Waals surface area contributed by atoms with Gasteiger partial charge in [-0.1, -0.05) is 22.6 Å². The van der Waals surface area contributed by atoms with Gasteiger partial charge >= 0.3 is 0 Å². The van der Waals surface area contributed by atoms with Crippen LogP contribution in [0.15, 0.2) is 0 Å². The third-order valence-electron chi connectivity index (χ3n) is 0.371. The van der Waals surface area contributed by atoms with Crippen molar-refractivity contribution in [2.75, 3.05) is 0 Å². The second kappa shape index (κ2) is 4.48. The first-order chi connectivity index (χ1) is 3.66. The van der Waals surface area contributed by atoms with Gasteiger partial charge in [0.05, 0.1) is 0 Å². The number of carbonyl (C=O) groups is 2. The summed E-state index contributed by atoms with van der Waals surface area (Å²) in [7, 11) is 0. The Kier molecular flexibility index (Phi) is 4.81. The van der Waals surface area contributed by atoms with Gasteiger partial charge in [0.15, 0.2) is 6.29 Å². The number of nitrogens with one attached hydrogen (secondary N) is 1. The van der Waals surface area contributed by atoms with E-state index < -0.39 is 4.05 Å². The second-order valence-corrected chi connectivity index (χ2v) is 3.28. The molecule has 0 aromatic carbocycles. The first kappa shape index (κ1) is 8.60. The van der Waals surface area contributed by atoms with Crippen LogP contribution in [0.4, 0.5) is 4.79 Å². The Bertz CT molecular complexity index is 105. The molecular formula is C3H3I2NO2. The normalized spacial score (nSPS) is 12.2. The standard InChI is InChI=1S/C3H3I2NO2/c4-2(1-7)6-3(5)8/h1-2H,(H,6,8). The number of alkyl halides is 1. The Morgan fingerprint density at radius 2 is 2.25 bits per heavy atom. The molecule has 0 spiro atoms. The maximum atomic E-state index is 10.1. The average Bonchev–Trinajstić information content (AvgIpc) is 1.65. The first-order valence-electron chi connectivity index (χ1n) is 1.72. The molecule has 0 radical (unpaired) electrons. The third kappa shape index (κ3) is 4.75. The fourth-order valence-electron chi connectivity index (χ4n) is 0.142. The van der Waals surface area contributed by atoms with E-state index in [0.29, 0.717) is 6.29 Å². The van der Waals surface area contributed by atoms with Gasteiger partial charge in [0.25, 0.3) is 3.91 Å². The summed E-state index contributed by atoms with van der Waals surface area (Å²) in [5, 5.41) is 2.36. The van der Waals surface area contributed by atoms with Crippen molar-refractivity contribution >= 4 is 55.4 Å². The molecule has 1 atom stereocenters. The molecule has 0 aliphatic rings. The molecule has 1 amide bonds. The number of halogens is 2. The maximum absolute atomic E-state index is 10.1. The van der Waals surface area contributed by atoms with Gasteiger partial charge in [-0.05, 0) is 0 Å². The van der Waals surface area contributed by atoms with Gasteiger partial charge < -0.3 is 10.1 Å². The number of carbonyl (C=O) groups excluding carboxylic acids is 2. The van der Waals surface area contributed by atoms with E-state index in [-0.39, 0.29) is 3.91 Å². The molecular weight excluding hydrogens is 336 g/mol. The van der Waals surface area contributed by atoms with Crippen molar-refractivity contribution in [1.82, 2.24) is 5.32 Å². The summed E-state index contributed by atoms with van der Waals surface area (Å²) >= 11 is 3.38. The van der Waals surface area contributed by atoms with Gasteiger partial charge in [-0.3, -0.25) is 4.79 Å². The summed E-state index contributed by atoms with van der Waals surface area (Å²) < 4.78 is -0.605. The zero-order valence-corrected chi connectivity index (χ0v) is 8.04. The molecule has 0 rings (SSSR count). The number of amides is 1. The lowest BCUT2D eigenvalue weighted by atomic mass is 10.7. The minimum atomic E-state index is -0.392. The second-order valence-electron chi connectivity index (χ2n) is 0.956. The Morgan fingerprint density at radius 1 is 1.75 bits per heavy atom. The van der Waals surface area contributed by atoms with Crippen molar-refractivity contribution in [3.05, 3.63) is 0 Å². The SMILES string of the molecule is O=CC(I)NC(=O)I. The summed E-state index contributed by atoms with van der Waals surface area (Å²) in [5.74, 6) is 0. The van der Waals surface area contributed by atoms with Gasteiger partial charge in [0.2, 0.25) is 0 Å². The van der Waals surface area contributed by atoms with Crippen LogP contribution in [0.2, 0.25) is 0 Å². The van der Waals surface area contributed by atoms with Gasteiger partial charge in [-0.25, -0.2) is 0 Å². The van der Waals surface area contributed by atoms with Crippen LogP contribution in [0, 0.1) is 0 Å². The number of hydrogen-bond acceptors (Lipinski definition) is 2. The molecule has 0 heterocycles. The van der Waals surface area contributed by atoms with E-state index in [0.717, 1.165) is 0 Å². The van der Waals surface area contributed by atoms with Crippen molar-refractivity contribution in [1.29, 1.82) is 0 Å². The van der Waals surface area contributed by atoms with E-state index in [1.165, 1.54) is 0 Å². The summed E-state index contributed by atoms with van der Waals surface area (Å²) in [6.07, 6.45) is 0.664. The molecule has 8 heavy (non-hydrogen) atoms. The van der Waals surface area contributed by atoms with Crippen LogP contribution in [0.25, 0.3) is 0 Å². The summed E-state index contributed by atoms with van der Waals surface area (Å²) in [6.45, 7) is 0. The Balaban J connectivity index is 3.38. The van der Waals surface area contributed by atoms with Gasteiger partial charge in [0.1, 0.15) is 4.05 Å². The van der Waals surface area contributed by atoms with Crippen molar-refractivity contribution in [3.63, 3.8) is 0 Å². The topological polar surface area (TPSA) is 46.2 Å². The quantitative estimate of drug-likeness (QED) is 0.269. The molecule has 0 bridgehead atoms. The molecule has 0 saturated heterocycles. The fourth-order valence-corrected chi connectivity index (χ4v) is 1.36. The molecule has 1 unspecified atom stereocenters. The van der Waals surface area contributed by atoms with Gasteiger partial charge in [-0.2, -0.15) is 0 Å². The summed E-state index contributed by atoms with van der Waals surface area (Å²) in [5.41, 5.74) is 0. The van der Waals surface area contributed by atoms with Crippen LogP contribution in [-0.4, -0.2) is 14.2 Å². The molecule has 1 N–H and O–H groups in total. The highest BCUT2D eigenvalue weighted by Crippen LogP contribution is 1.93. The molecule has 0 saturated carbocycles. The van der Waals surface area contributed by atoms with E-state index in [1.54, 1.807) is 22.6 Å². The molecule has 46 valence electrons. The number of rotatable bonds is 2. The lowest BCUT2D eigenvalue weighted by molar-refractivity contribution is -0.107. The zero-order chi connectivity index (χ0) is 6.57. The molecule has 0 fully saturated rings. The molecule has 3 nitrogen and oxygen atoms in total. The lowest BCUT2D eigenvalue weighted by Gasteiger charge is -1.97. The van der Waals surface area contributed by atoms with Crippen molar-refractivity contribution < 1.29 is 9.59 Å². The van der Waals surface area contributed by atoms with E-state index >= 15 is 0 Å². The Hall–Kier alpha value is 0.600. The smallest absolute Gasteiger partial charge is 0.281 e. The van der Waals surface area contributed by atoms with Crippen molar-refractivity contribution in [2.24, 2.45) is 0 Å². The highest BCUT2D eigenvalue weighted by Gasteiger charge is 2.00. The zero-order valence-electron chi connectivity index (χ0n) is 3.73. The highest BCUT2D eigenvalue weighted by molar-refractivity contribution is 14.1. The number of aldehydes is 1. The van der Waals surface area contributed by atoms with Crippen LogP contribution in [0.5, 0.6) is 0 Å². The Morgan fingerprint density at radius 3 is 2.38 bits per heavy atom. The monoisotopic (exact) mass is 339 g/mol. The molecule has 0 aromatic rings. The highest BCUT2D eigenvalue weighted by atomic mass is 127. The van der Waals surface area contributed by atoms with Crippen LogP contribution in [0.3, 0.4) is 0 Å². The summed E-state index contributed by atoms with van der Waals surface area (Å²) in [6, 6.07) is 0. The molecule has 0 aliphatic carbocycles. The predicted octanol–water partition coefficient (Wildman–Crippen LogP) is 1.09. The molecule has 0 aromatic heterocycles. The van der Waals surface area contributed by atoms with E-state index in [2.05, 4.69) is 5.32 Å². The predicted molar refractivity (Wildman–Crippen MR) is 46.4 cm³/mol. The largest absolute Gasteiger partial charge is 0.329 e. The Labute approximate surface area is 73.9 Å². The minimum Gasteiger partial charge on any atom is -0.329 e.